The number of hydrogen-bond donors (Lipinski definition) is 0. The Balaban J connectivity index is 1.28. The summed E-state index contributed by atoms with van der Waals surface area (Å²) in [6.45, 7) is 9.39. The molecule has 0 bridgehead atoms. The molecule has 3 aliphatic rings. The number of allylic oxidation sites excluding steroid dienone is 4. The van der Waals surface area contributed by atoms with Gasteiger partial charge in [0.25, 0.3) is 0 Å². The van der Waals surface area contributed by atoms with Gasteiger partial charge in [0.2, 0.25) is 0 Å². The molecular formula is C42H35FN2. The van der Waals surface area contributed by atoms with Crippen molar-refractivity contribution in [3.05, 3.63) is 143 Å². The molecule has 45 heavy (non-hydrogen) atoms. The minimum absolute atomic E-state index is 0.0260. The molecule has 2 heterocycles. The second-order valence-electron chi connectivity index (χ2n) is 13.9. The molecule has 1 aromatic heterocycles. The van der Waals surface area contributed by atoms with Gasteiger partial charge in [-0.1, -0.05) is 82.3 Å². The third-order valence-electron chi connectivity index (χ3n) is 10.8. The maximum Gasteiger partial charge on any atom is 0.123 e. The number of rotatable bonds is 3. The van der Waals surface area contributed by atoms with Gasteiger partial charge < -0.3 is 9.47 Å². The van der Waals surface area contributed by atoms with Crippen LogP contribution in [-0.2, 0) is 10.8 Å². The van der Waals surface area contributed by atoms with E-state index < -0.39 is 0 Å². The first kappa shape index (κ1) is 26.5. The molecule has 1 aliphatic heterocycles. The predicted molar refractivity (Wildman–Crippen MR) is 186 cm³/mol. The zero-order valence-electron chi connectivity index (χ0n) is 26.2. The molecule has 0 saturated heterocycles. The molecule has 9 rings (SSSR count). The number of benzene rings is 5. The summed E-state index contributed by atoms with van der Waals surface area (Å²) in [6, 6.07) is 36.1. The molecule has 0 spiro atoms. The van der Waals surface area contributed by atoms with Crippen LogP contribution < -0.4 is 4.90 Å². The second kappa shape index (κ2) is 9.08. The molecule has 5 aromatic carbocycles. The maximum absolute atomic E-state index is 14.2. The lowest BCUT2D eigenvalue weighted by molar-refractivity contribution is 0.585. The molecule has 0 N–H and O–H groups in total. The van der Waals surface area contributed by atoms with Crippen LogP contribution in [0.3, 0.4) is 0 Å². The standard InChI is InChI=1S/C42H35FN2/c1-41(2)34-12-6-5-10-30(34)31-22-20-29(25-37(31)41)44(27-18-16-26(43)17-19-27)28-21-23-38-33(24-28)32-11-9-14-36-40(32)45(38)39-15-8-7-13-35(39)42(36,3)4/h5-6,8-12,14-25H,7,13H2,1-4H3. The molecule has 0 radical (unpaired) electrons. The van der Waals surface area contributed by atoms with E-state index in [4.69, 9.17) is 0 Å². The molecule has 0 unspecified atom stereocenters. The maximum atomic E-state index is 14.2. The van der Waals surface area contributed by atoms with E-state index in [9.17, 15) is 4.39 Å². The SMILES string of the molecule is CC1(C)C2=C(C=CCC2)n2c3ccc(N(c4ccc(F)cc4)c4ccc5c(c4)C(C)(C)c4ccccc4-5)cc3c3cccc1c32. The van der Waals surface area contributed by atoms with Crippen LogP contribution in [0, 0.1) is 5.82 Å². The van der Waals surface area contributed by atoms with Crippen molar-refractivity contribution in [2.45, 2.75) is 51.4 Å². The van der Waals surface area contributed by atoms with Gasteiger partial charge in [0.15, 0.2) is 0 Å². The molecule has 0 atom stereocenters. The van der Waals surface area contributed by atoms with Crippen molar-refractivity contribution >= 4 is 44.6 Å². The number of para-hydroxylation sites is 1. The van der Waals surface area contributed by atoms with Gasteiger partial charge in [-0.15, -0.1) is 0 Å². The van der Waals surface area contributed by atoms with Crippen LogP contribution in [0.15, 0.2) is 121 Å². The van der Waals surface area contributed by atoms with Gasteiger partial charge in [0, 0.05) is 44.4 Å². The number of halogens is 1. The van der Waals surface area contributed by atoms with Crippen molar-refractivity contribution in [1.82, 2.24) is 4.57 Å². The molecular weight excluding hydrogens is 551 g/mol. The van der Waals surface area contributed by atoms with Crippen molar-refractivity contribution in [2.75, 3.05) is 4.90 Å². The Morgan fingerprint density at radius 1 is 0.644 bits per heavy atom. The third kappa shape index (κ3) is 3.55. The Morgan fingerprint density at radius 3 is 2.20 bits per heavy atom. The average Bonchev–Trinajstić information content (AvgIpc) is 3.50. The molecule has 2 nitrogen and oxygen atoms in total. The molecule has 3 heteroatoms. The molecule has 6 aromatic rings. The average molecular weight is 587 g/mol. The third-order valence-corrected chi connectivity index (χ3v) is 10.8. The summed E-state index contributed by atoms with van der Waals surface area (Å²) < 4.78 is 16.7. The first-order valence-corrected chi connectivity index (χ1v) is 16.0. The zero-order chi connectivity index (χ0) is 30.7. The smallest absolute Gasteiger partial charge is 0.123 e. The molecule has 220 valence electrons. The first-order chi connectivity index (χ1) is 21.7. The van der Waals surface area contributed by atoms with E-state index >= 15 is 0 Å². The second-order valence-corrected chi connectivity index (χ2v) is 13.9. The van der Waals surface area contributed by atoms with Gasteiger partial charge in [-0.2, -0.15) is 0 Å². The number of nitrogens with zero attached hydrogens (tertiary/aromatic N) is 2. The van der Waals surface area contributed by atoms with Crippen molar-refractivity contribution in [3.8, 4) is 11.1 Å². The fourth-order valence-corrected chi connectivity index (χ4v) is 8.48. The lowest BCUT2D eigenvalue weighted by atomic mass is 9.71. The van der Waals surface area contributed by atoms with Crippen LogP contribution >= 0.6 is 0 Å². The molecule has 0 saturated carbocycles. The van der Waals surface area contributed by atoms with Crippen LogP contribution in [0.5, 0.6) is 0 Å². The Bertz CT molecular complexity index is 2280. The van der Waals surface area contributed by atoms with Gasteiger partial charge in [-0.3, -0.25) is 0 Å². The number of fused-ring (bicyclic) bond motifs is 7. The Morgan fingerprint density at radius 2 is 1.36 bits per heavy atom. The lowest BCUT2D eigenvalue weighted by Gasteiger charge is -2.37. The van der Waals surface area contributed by atoms with Crippen molar-refractivity contribution in [3.63, 3.8) is 0 Å². The van der Waals surface area contributed by atoms with Gasteiger partial charge in [0.1, 0.15) is 5.82 Å². The Labute approximate surface area is 263 Å². The normalized spacial score (nSPS) is 17.0. The number of aromatic nitrogens is 1. The summed E-state index contributed by atoms with van der Waals surface area (Å²) in [6.07, 6.45) is 6.83. The van der Waals surface area contributed by atoms with Crippen molar-refractivity contribution < 1.29 is 4.39 Å². The number of hydrogen-bond acceptors (Lipinski definition) is 1. The highest BCUT2D eigenvalue weighted by Gasteiger charge is 2.38. The Kier molecular flexibility index (Phi) is 5.35. The summed E-state index contributed by atoms with van der Waals surface area (Å²) in [4.78, 5) is 2.28. The van der Waals surface area contributed by atoms with Gasteiger partial charge in [0.05, 0.1) is 11.0 Å². The minimum atomic E-state index is -0.235. The zero-order valence-corrected chi connectivity index (χ0v) is 26.2. The fraction of sp³-hybridized carbons (Fsp3) is 0.190. The van der Waals surface area contributed by atoms with E-state index in [1.165, 1.54) is 60.9 Å². The quantitative estimate of drug-likeness (QED) is 0.200. The van der Waals surface area contributed by atoms with Crippen molar-refractivity contribution in [2.24, 2.45) is 0 Å². The highest BCUT2D eigenvalue weighted by atomic mass is 19.1. The molecule has 0 fully saturated rings. The van der Waals surface area contributed by atoms with E-state index in [0.29, 0.717) is 0 Å². The van der Waals surface area contributed by atoms with Gasteiger partial charge in [-0.05, 0) is 107 Å². The predicted octanol–water partition coefficient (Wildman–Crippen LogP) is 11.6. The summed E-state index contributed by atoms with van der Waals surface area (Å²) >= 11 is 0. The van der Waals surface area contributed by atoms with E-state index in [2.05, 4.69) is 128 Å². The highest BCUT2D eigenvalue weighted by Crippen LogP contribution is 2.52. The van der Waals surface area contributed by atoms with Crippen molar-refractivity contribution in [1.29, 1.82) is 0 Å². The topological polar surface area (TPSA) is 8.17 Å². The number of anilines is 3. The summed E-state index contributed by atoms with van der Waals surface area (Å²) in [7, 11) is 0. The van der Waals surface area contributed by atoms with Crippen LogP contribution in [0.25, 0.3) is 38.6 Å². The highest BCUT2D eigenvalue weighted by molar-refractivity contribution is 6.14. The first-order valence-electron chi connectivity index (χ1n) is 16.0. The molecule has 0 amide bonds. The van der Waals surface area contributed by atoms with E-state index in [0.717, 1.165) is 29.9 Å². The monoisotopic (exact) mass is 586 g/mol. The Hall–Kier alpha value is -4.89. The van der Waals surface area contributed by atoms with E-state index in [1.54, 1.807) is 12.1 Å². The van der Waals surface area contributed by atoms with Crippen LogP contribution in [0.1, 0.15) is 57.2 Å². The largest absolute Gasteiger partial charge is 0.310 e. The van der Waals surface area contributed by atoms with Gasteiger partial charge in [-0.25, -0.2) is 4.39 Å². The van der Waals surface area contributed by atoms with Crippen LogP contribution in [0.4, 0.5) is 21.5 Å². The van der Waals surface area contributed by atoms with E-state index in [1.807, 2.05) is 12.1 Å². The fourth-order valence-electron chi connectivity index (χ4n) is 8.48. The molecule has 2 aliphatic carbocycles. The minimum Gasteiger partial charge on any atom is -0.310 e. The van der Waals surface area contributed by atoms with Gasteiger partial charge >= 0.3 is 0 Å². The van der Waals surface area contributed by atoms with Crippen LogP contribution in [-0.4, -0.2) is 4.57 Å². The van der Waals surface area contributed by atoms with Crippen LogP contribution in [0.2, 0.25) is 0 Å². The van der Waals surface area contributed by atoms with E-state index in [-0.39, 0.29) is 16.6 Å². The lowest BCUT2D eigenvalue weighted by Crippen LogP contribution is -2.28. The summed E-state index contributed by atoms with van der Waals surface area (Å²) in [5, 5.41) is 2.50. The summed E-state index contributed by atoms with van der Waals surface area (Å²) in [5.41, 5.74) is 14.9. The summed E-state index contributed by atoms with van der Waals surface area (Å²) in [5.74, 6) is -0.235.